The molecule has 3 rings (SSSR count). The molecule has 2 heterocycles. The Morgan fingerprint density at radius 1 is 1.13 bits per heavy atom. The van der Waals surface area contributed by atoms with Crippen LogP contribution in [0, 0.1) is 17.8 Å². The fourth-order valence-electron chi connectivity index (χ4n) is 5.34. The first-order valence-corrected chi connectivity index (χ1v) is 11.8. The van der Waals surface area contributed by atoms with Gasteiger partial charge in [-0.1, -0.05) is 26.7 Å². The SMILES string of the molecule is CC(C)CCC1(C2CCN(C(=O)C3CCCC3)CC2)NC(=O)N(CCN(C)C)C1=O. The van der Waals surface area contributed by atoms with Crippen LogP contribution in [0.25, 0.3) is 0 Å². The van der Waals surface area contributed by atoms with E-state index in [0.717, 1.165) is 44.9 Å². The zero-order valence-electron chi connectivity index (χ0n) is 19.3. The minimum absolute atomic E-state index is 0.0597. The highest BCUT2D eigenvalue weighted by atomic mass is 16.2. The number of nitrogens with one attached hydrogen (secondary N) is 1. The van der Waals surface area contributed by atoms with Crippen LogP contribution in [-0.2, 0) is 9.59 Å². The first-order chi connectivity index (χ1) is 14.2. The monoisotopic (exact) mass is 420 g/mol. The molecule has 30 heavy (non-hydrogen) atoms. The summed E-state index contributed by atoms with van der Waals surface area (Å²) in [5.74, 6) is 0.994. The van der Waals surface area contributed by atoms with Gasteiger partial charge in [0, 0.05) is 32.1 Å². The van der Waals surface area contributed by atoms with Gasteiger partial charge in [0.05, 0.1) is 0 Å². The summed E-state index contributed by atoms with van der Waals surface area (Å²) < 4.78 is 0. The number of likely N-dealkylation sites (tertiary alicyclic amines) is 1. The third-order valence-electron chi connectivity index (χ3n) is 7.30. The van der Waals surface area contributed by atoms with Crippen LogP contribution in [0.5, 0.6) is 0 Å². The quantitative estimate of drug-likeness (QED) is 0.613. The van der Waals surface area contributed by atoms with Crippen LogP contribution in [0.2, 0.25) is 0 Å². The van der Waals surface area contributed by atoms with E-state index in [9.17, 15) is 14.4 Å². The molecule has 0 bridgehead atoms. The van der Waals surface area contributed by atoms with E-state index in [2.05, 4.69) is 19.2 Å². The highest BCUT2D eigenvalue weighted by Gasteiger charge is 2.55. The molecule has 0 aromatic carbocycles. The number of amides is 4. The lowest BCUT2D eigenvalue weighted by Gasteiger charge is -2.41. The fraction of sp³-hybridized carbons (Fsp3) is 0.870. The first-order valence-electron chi connectivity index (χ1n) is 11.8. The Hall–Kier alpha value is -1.63. The molecule has 1 unspecified atom stereocenters. The molecule has 170 valence electrons. The second-order valence-corrected chi connectivity index (χ2v) is 10.2. The van der Waals surface area contributed by atoms with E-state index >= 15 is 0 Å². The topological polar surface area (TPSA) is 73.0 Å². The average molecular weight is 421 g/mol. The molecule has 1 atom stereocenters. The molecule has 7 heteroatoms. The predicted molar refractivity (Wildman–Crippen MR) is 117 cm³/mol. The number of imide groups is 1. The Morgan fingerprint density at radius 2 is 1.77 bits per heavy atom. The van der Waals surface area contributed by atoms with Gasteiger partial charge in [0.2, 0.25) is 5.91 Å². The van der Waals surface area contributed by atoms with Crippen molar-refractivity contribution >= 4 is 17.8 Å². The Balaban J connectivity index is 1.70. The van der Waals surface area contributed by atoms with Crippen LogP contribution in [-0.4, -0.2) is 78.4 Å². The Labute approximate surface area is 181 Å². The number of hydrogen-bond acceptors (Lipinski definition) is 4. The molecule has 2 aliphatic heterocycles. The number of urea groups is 1. The van der Waals surface area contributed by atoms with Crippen molar-refractivity contribution in [3.63, 3.8) is 0 Å². The van der Waals surface area contributed by atoms with E-state index in [1.54, 1.807) is 0 Å². The standard InChI is InChI=1S/C23H40N4O3/c1-17(2)9-12-23(21(29)27(22(30)24-23)16-15-25(3)4)19-10-13-26(14-11-19)20(28)18-7-5-6-8-18/h17-19H,5-16H2,1-4H3,(H,24,30). The largest absolute Gasteiger partial charge is 0.342 e. The van der Waals surface area contributed by atoms with Crippen molar-refractivity contribution in [2.45, 2.75) is 70.8 Å². The molecular weight excluding hydrogens is 380 g/mol. The minimum Gasteiger partial charge on any atom is -0.342 e. The smallest absolute Gasteiger partial charge is 0.325 e. The molecule has 2 saturated heterocycles. The molecule has 3 fully saturated rings. The van der Waals surface area contributed by atoms with Gasteiger partial charge >= 0.3 is 6.03 Å². The van der Waals surface area contributed by atoms with Crippen molar-refractivity contribution in [3.8, 4) is 0 Å². The van der Waals surface area contributed by atoms with Gasteiger partial charge in [-0.25, -0.2) is 4.79 Å². The van der Waals surface area contributed by atoms with E-state index in [1.165, 1.54) is 4.90 Å². The molecule has 0 aromatic rings. The molecule has 0 aromatic heterocycles. The van der Waals surface area contributed by atoms with Crippen molar-refractivity contribution in [1.29, 1.82) is 0 Å². The van der Waals surface area contributed by atoms with Gasteiger partial charge in [0.15, 0.2) is 0 Å². The summed E-state index contributed by atoms with van der Waals surface area (Å²) in [6, 6.07) is -0.255. The summed E-state index contributed by atoms with van der Waals surface area (Å²) in [4.78, 5) is 44.5. The zero-order chi connectivity index (χ0) is 21.9. The molecular formula is C23H40N4O3. The minimum atomic E-state index is -0.809. The molecule has 0 spiro atoms. The Kier molecular flexibility index (Phi) is 7.43. The van der Waals surface area contributed by atoms with Gasteiger partial charge in [-0.3, -0.25) is 14.5 Å². The average Bonchev–Trinajstić information content (AvgIpc) is 3.32. The zero-order valence-corrected chi connectivity index (χ0v) is 19.3. The molecule has 4 amide bonds. The van der Waals surface area contributed by atoms with E-state index in [1.807, 2.05) is 23.9 Å². The summed E-state index contributed by atoms with van der Waals surface area (Å²) in [7, 11) is 3.89. The Bertz CT molecular complexity index is 636. The van der Waals surface area contributed by atoms with Crippen LogP contribution < -0.4 is 5.32 Å². The van der Waals surface area contributed by atoms with Gasteiger partial charge in [-0.2, -0.15) is 0 Å². The van der Waals surface area contributed by atoms with Crippen molar-refractivity contribution in [3.05, 3.63) is 0 Å². The second kappa shape index (κ2) is 9.67. The van der Waals surface area contributed by atoms with Gasteiger partial charge in [0.25, 0.3) is 5.91 Å². The maximum absolute atomic E-state index is 13.5. The maximum Gasteiger partial charge on any atom is 0.325 e. The summed E-state index contributed by atoms with van der Waals surface area (Å²) in [6.07, 6.45) is 7.50. The first kappa shape index (κ1) is 23.0. The van der Waals surface area contributed by atoms with E-state index < -0.39 is 5.54 Å². The number of carbonyl (C=O) groups is 3. The molecule has 7 nitrogen and oxygen atoms in total. The van der Waals surface area contributed by atoms with Gasteiger partial charge in [-0.05, 0) is 64.5 Å². The number of likely N-dealkylation sites (N-methyl/N-ethyl adjacent to an activating group) is 1. The lowest BCUT2D eigenvalue weighted by atomic mass is 9.73. The van der Waals surface area contributed by atoms with Crippen molar-refractivity contribution in [1.82, 2.24) is 20.0 Å². The highest BCUT2D eigenvalue weighted by molar-refractivity contribution is 6.07. The van der Waals surface area contributed by atoms with Crippen LogP contribution in [0.15, 0.2) is 0 Å². The van der Waals surface area contributed by atoms with Crippen LogP contribution in [0.4, 0.5) is 4.79 Å². The second-order valence-electron chi connectivity index (χ2n) is 10.2. The van der Waals surface area contributed by atoms with E-state index in [-0.39, 0.29) is 23.8 Å². The third kappa shape index (κ3) is 4.82. The molecule has 3 aliphatic rings. The maximum atomic E-state index is 13.5. The van der Waals surface area contributed by atoms with Gasteiger partial charge < -0.3 is 15.1 Å². The Morgan fingerprint density at radius 3 is 2.33 bits per heavy atom. The molecule has 1 N–H and O–H groups in total. The van der Waals surface area contributed by atoms with Crippen LogP contribution >= 0.6 is 0 Å². The van der Waals surface area contributed by atoms with Gasteiger partial charge in [-0.15, -0.1) is 0 Å². The van der Waals surface area contributed by atoms with Crippen molar-refractivity contribution in [2.24, 2.45) is 17.8 Å². The lowest BCUT2D eigenvalue weighted by molar-refractivity contribution is -0.138. The number of hydrogen-bond donors (Lipinski definition) is 1. The highest BCUT2D eigenvalue weighted by Crippen LogP contribution is 2.38. The molecule has 1 aliphatic carbocycles. The number of nitrogens with zero attached hydrogens (tertiary/aromatic N) is 3. The van der Waals surface area contributed by atoms with Crippen LogP contribution in [0.1, 0.15) is 65.2 Å². The van der Waals surface area contributed by atoms with Crippen molar-refractivity contribution < 1.29 is 14.4 Å². The lowest BCUT2D eigenvalue weighted by Crippen LogP contribution is -2.57. The van der Waals surface area contributed by atoms with E-state index in [4.69, 9.17) is 0 Å². The van der Waals surface area contributed by atoms with Crippen LogP contribution in [0.3, 0.4) is 0 Å². The summed E-state index contributed by atoms with van der Waals surface area (Å²) in [6.45, 7) is 6.78. The van der Waals surface area contributed by atoms with E-state index in [0.29, 0.717) is 44.4 Å². The predicted octanol–water partition coefficient (Wildman–Crippen LogP) is 2.70. The molecule has 0 radical (unpaired) electrons. The fourth-order valence-corrected chi connectivity index (χ4v) is 5.34. The van der Waals surface area contributed by atoms with Crippen molar-refractivity contribution in [2.75, 3.05) is 40.3 Å². The summed E-state index contributed by atoms with van der Waals surface area (Å²) in [5, 5.41) is 3.13. The summed E-state index contributed by atoms with van der Waals surface area (Å²) in [5.41, 5.74) is -0.809. The number of carbonyl (C=O) groups excluding carboxylic acids is 3. The van der Waals surface area contributed by atoms with Gasteiger partial charge in [0.1, 0.15) is 5.54 Å². The normalized spacial score (nSPS) is 26.3. The number of rotatable bonds is 8. The number of piperidine rings is 1. The summed E-state index contributed by atoms with van der Waals surface area (Å²) >= 11 is 0. The third-order valence-corrected chi connectivity index (χ3v) is 7.30. The molecule has 1 saturated carbocycles.